The molecule has 0 saturated carbocycles. The van der Waals surface area contributed by atoms with E-state index in [2.05, 4.69) is 26.5 Å². The first kappa shape index (κ1) is 17.9. The van der Waals surface area contributed by atoms with Gasteiger partial charge in [-0.1, -0.05) is 46.3 Å². The van der Waals surface area contributed by atoms with Crippen molar-refractivity contribution in [1.29, 1.82) is 0 Å². The molecule has 0 aromatic heterocycles. The van der Waals surface area contributed by atoms with Crippen LogP contribution in [0, 0.1) is 0 Å². The van der Waals surface area contributed by atoms with E-state index in [-0.39, 0.29) is 12.5 Å². The van der Waals surface area contributed by atoms with Crippen molar-refractivity contribution in [3.8, 4) is 11.5 Å². The summed E-state index contributed by atoms with van der Waals surface area (Å²) in [6.07, 6.45) is 1.53. The first-order valence-electron chi connectivity index (χ1n) is 7.93. The molecule has 1 N–H and O–H groups in total. The van der Waals surface area contributed by atoms with Gasteiger partial charge in [0.2, 0.25) is 0 Å². The molecule has 1 amide bonds. The summed E-state index contributed by atoms with van der Waals surface area (Å²) in [6, 6.07) is 19.2. The lowest BCUT2D eigenvalue weighted by molar-refractivity contribution is -0.123. The van der Waals surface area contributed by atoms with Gasteiger partial charge in [-0.25, -0.2) is 5.43 Å². The molecule has 0 saturated heterocycles. The van der Waals surface area contributed by atoms with Gasteiger partial charge < -0.3 is 9.47 Å². The van der Waals surface area contributed by atoms with Crippen molar-refractivity contribution in [3.63, 3.8) is 0 Å². The molecule has 0 heterocycles. The summed E-state index contributed by atoms with van der Waals surface area (Å²) in [6.45, 7) is -0.120. The molecular formula is C20H17BrN2O3. The number of carbonyl (C=O) groups is 1. The average molecular weight is 413 g/mol. The molecule has 0 spiro atoms. The van der Waals surface area contributed by atoms with Crippen LogP contribution in [-0.2, 0) is 4.79 Å². The molecule has 5 nitrogen and oxygen atoms in total. The zero-order valence-electron chi connectivity index (χ0n) is 14.1. The lowest BCUT2D eigenvalue weighted by Crippen LogP contribution is -2.24. The van der Waals surface area contributed by atoms with Gasteiger partial charge >= 0.3 is 0 Å². The Morgan fingerprint density at radius 1 is 1.12 bits per heavy atom. The van der Waals surface area contributed by atoms with Gasteiger partial charge in [0.25, 0.3) is 5.91 Å². The molecule has 0 aliphatic rings. The zero-order valence-corrected chi connectivity index (χ0v) is 15.7. The smallest absolute Gasteiger partial charge is 0.277 e. The fourth-order valence-corrected chi connectivity index (χ4v) is 2.80. The number of fused-ring (bicyclic) bond motifs is 1. The van der Waals surface area contributed by atoms with Gasteiger partial charge in [-0.3, -0.25) is 4.79 Å². The third-order valence-electron chi connectivity index (χ3n) is 3.68. The third-order valence-corrected chi connectivity index (χ3v) is 4.17. The summed E-state index contributed by atoms with van der Waals surface area (Å²) in [5.41, 5.74) is 3.19. The Kier molecular flexibility index (Phi) is 5.86. The third kappa shape index (κ3) is 4.61. The van der Waals surface area contributed by atoms with Crippen molar-refractivity contribution in [2.75, 3.05) is 13.7 Å². The predicted molar refractivity (Wildman–Crippen MR) is 106 cm³/mol. The number of hydrogen-bond donors (Lipinski definition) is 1. The summed E-state index contributed by atoms with van der Waals surface area (Å²) in [4.78, 5) is 11.9. The second-order valence-corrected chi connectivity index (χ2v) is 6.39. The molecule has 0 aliphatic heterocycles. The van der Waals surface area contributed by atoms with E-state index in [1.165, 1.54) is 6.21 Å². The van der Waals surface area contributed by atoms with Crippen LogP contribution < -0.4 is 14.9 Å². The van der Waals surface area contributed by atoms with Crippen molar-refractivity contribution in [1.82, 2.24) is 5.43 Å². The Bertz CT molecular complexity index is 957. The van der Waals surface area contributed by atoms with E-state index in [1.54, 1.807) is 7.11 Å². The highest BCUT2D eigenvalue weighted by atomic mass is 79.9. The van der Waals surface area contributed by atoms with Gasteiger partial charge in [0.15, 0.2) is 6.61 Å². The molecule has 3 aromatic carbocycles. The van der Waals surface area contributed by atoms with E-state index in [0.29, 0.717) is 11.5 Å². The minimum absolute atomic E-state index is 0.120. The number of hydrazone groups is 1. The van der Waals surface area contributed by atoms with Crippen LogP contribution in [0.1, 0.15) is 5.56 Å². The number of rotatable bonds is 6. The first-order valence-corrected chi connectivity index (χ1v) is 8.72. The maximum Gasteiger partial charge on any atom is 0.277 e. The summed E-state index contributed by atoms with van der Waals surface area (Å²) >= 11 is 3.39. The fraction of sp³-hybridized carbons (Fsp3) is 0.100. The Labute approximate surface area is 159 Å². The van der Waals surface area contributed by atoms with Crippen LogP contribution in [0.4, 0.5) is 0 Å². The second kappa shape index (κ2) is 8.49. The Balaban J connectivity index is 1.56. The van der Waals surface area contributed by atoms with Crippen LogP contribution in [0.2, 0.25) is 0 Å². The molecule has 0 radical (unpaired) electrons. The summed E-state index contributed by atoms with van der Waals surface area (Å²) in [5.74, 6) is 0.957. The molecule has 3 rings (SSSR count). The van der Waals surface area contributed by atoms with Crippen molar-refractivity contribution in [2.24, 2.45) is 5.10 Å². The maximum absolute atomic E-state index is 11.9. The molecular weight excluding hydrogens is 396 g/mol. The van der Waals surface area contributed by atoms with Gasteiger partial charge in [-0.2, -0.15) is 5.10 Å². The summed E-state index contributed by atoms with van der Waals surface area (Å²) < 4.78 is 11.7. The number of methoxy groups -OCH3 is 1. The van der Waals surface area contributed by atoms with E-state index in [1.807, 2.05) is 60.7 Å². The molecule has 0 atom stereocenters. The van der Waals surface area contributed by atoms with Crippen LogP contribution in [0.5, 0.6) is 11.5 Å². The van der Waals surface area contributed by atoms with Crippen molar-refractivity contribution < 1.29 is 14.3 Å². The number of nitrogens with zero attached hydrogens (tertiary/aromatic N) is 1. The van der Waals surface area contributed by atoms with Crippen molar-refractivity contribution in [3.05, 3.63) is 70.7 Å². The normalized spacial score (nSPS) is 10.8. The number of halogens is 1. The van der Waals surface area contributed by atoms with Gasteiger partial charge in [0, 0.05) is 10.0 Å². The van der Waals surface area contributed by atoms with Crippen LogP contribution in [0.25, 0.3) is 10.8 Å². The first-order chi connectivity index (χ1) is 12.7. The van der Waals surface area contributed by atoms with Crippen LogP contribution in [0.3, 0.4) is 0 Å². The molecule has 0 bridgehead atoms. The molecule has 26 heavy (non-hydrogen) atoms. The number of amides is 1. The largest absolute Gasteiger partial charge is 0.496 e. The Hall–Kier alpha value is -2.86. The number of hydrogen-bond acceptors (Lipinski definition) is 4. The van der Waals surface area contributed by atoms with Crippen LogP contribution in [0.15, 0.2) is 70.2 Å². The highest BCUT2D eigenvalue weighted by Crippen LogP contribution is 2.21. The highest BCUT2D eigenvalue weighted by molar-refractivity contribution is 9.10. The second-order valence-electron chi connectivity index (χ2n) is 5.48. The quantitative estimate of drug-likeness (QED) is 0.488. The van der Waals surface area contributed by atoms with Gasteiger partial charge in [0.1, 0.15) is 11.5 Å². The van der Waals surface area contributed by atoms with E-state index in [0.717, 1.165) is 20.8 Å². The lowest BCUT2D eigenvalue weighted by atomic mass is 10.1. The Morgan fingerprint density at radius 2 is 1.92 bits per heavy atom. The SMILES string of the molecule is COc1ccc(Br)cc1/C=N/NC(=O)COc1ccc2ccccc2c1. The van der Waals surface area contributed by atoms with E-state index in [4.69, 9.17) is 9.47 Å². The van der Waals surface area contributed by atoms with Crippen LogP contribution >= 0.6 is 15.9 Å². The molecule has 132 valence electrons. The average Bonchev–Trinajstić information content (AvgIpc) is 2.66. The highest BCUT2D eigenvalue weighted by Gasteiger charge is 2.04. The van der Waals surface area contributed by atoms with Gasteiger partial charge in [-0.05, 0) is 41.1 Å². The maximum atomic E-state index is 11.9. The monoisotopic (exact) mass is 412 g/mol. The molecule has 6 heteroatoms. The number of nitrogens with one attached hydrogen (secondary N) is 1. The van der Waals surface area contributed by atoms with Gasteiger partial charge in [-0.15, -0.1) is 0 Å². The standard InChI is InChI=1S/C20H17BrN2O3/c1-25-19-9-7-17(21)10-16(19)12-22-23-20(24)13-26-18-8-6-14-4-2-3-5-15(14)11-18/h2-12H,13H2,1H3,(H,23,24)/b22-12+. The topological polar surface area (TPSA) is 59.9 Å². The minimum Gasteiger partial charge on any atom is -0.496 e. The summed E-state index contributed by atoms with van der Waals surface area (Å²) in [5, 5.41) is 6.13. The van der Waals surface area contributed by atoms with E-state index < -0.39 is 0 Å². The van der Waals surface area contributed by atoms with Crippen LogP contribution in [-0.4, -0.2) is 25.8 Å². The molecule has 0 aliphatic carbocycles. The lowest BCUT2D eigenvalue weighted by Gasteiger charge is -2.07. The fourth-order valence-electron chi connectivity index (χ4n) is 2.42. The molecule has 0 unspecified atom stereocenters. The molecule has 0 fully saturated rings. The van der Waals surface area contributed by atoms with E-state index >= 15 is 0 Å². The van der Waals surface area contributed by atoms with Crippen molar-refractivity contribution >= 4 is 38.8 Å². The number of ether oxygens (including phenoxy) is 2. The predicted octanol–water partition coefficient (Wildman–Crippen LogP) is 4.14. The Morgan fingerprint density at radius 3 is 2.73 bits per heavy atom. The minimum atomic E-state index is -0.344. The number of carbonyl (C=O) groups excluding carboxylic acids is 1. The number of benzene rings is 3. The molecule has 3 aromatic rings. The summed E-state index contributed by atoms with van der Waals surface area (Å²) in [7, 11) is 1.58. The van der Waals surface area contributed by atoms with Crippen molar-refractivity contribution in [2.45, 2.75) is 0 Å². The van der Waals surface area contributed by atoms with E-state index in [9.17, 15) is 4.79 Å². The zero-order chi connectivity index (χ0) is 18.4. The van der Waals surface area contributed by atoms with Gasteiger partial charge in [0.05, 0.1) is 13.3 Å².